The number of hydrogen-bond donors (Lipinski definition) is 1. The zero-order valence-electron chi connectivity index (χ0n) is 15.5. The number of amides is 1. The number of rotatable bonds is 5. The van der Waals surface area contributed by atoms with Gasteiger partial charge in [-0.3, -0.25) is 4.79 Å². The van der Waals surface area contributed by atoms with Crippen molar-refractivity contribution in [3.05, 3.63) is 74.7 Å². The lowest BCUT2D eigenvalue weighted by molar-refractivity contribution is -0.120. The summed E-state index contributed by atoms with van der Waals surface area (Å²) in [7, 11) is 0. The van der Waals surface area contributed by atoms with Crippen LogP contribution in [-0.2, 0) is 11.2 Å². The highest BCUT2D eigenvalue weighted by atomic mass is 32.1. The van der Waals surface area contributed by atoms with Crippen molar-refractivity contribution in [1.82, 2.24) is 9.99 Å². The maximum Gasteiger partial charge on any atom is 0.245 e. The molecule has 26 heavy (non-hydrogen) atoms. The van der Waals surface area contributed by atoms with Crippen LogP contribution in [0.15, 0.2) is 46.9 Å². The predicted octanol–water partition coefficient (Wildman–Crippen LogP) is 4.47. The molecular formula is C21H23N3OS. The van der Waals surface area contributed by atoms with E-state index in [0.717, 1.165) is 27.5 Å². The van der Waals surface area contributed by atoms with Crippen molar-refractivity contribution in [2.24, 2.45) is 5.10 Å². The molecule has 0 spiro atoms. The van der Waals surface area contributed by atoms with Crippen LogP contribution >= 0.6 is 11.3 Å². The second-order valence-electron chi connectivity index (χ2n) is 6.56. The molecule has 3 aromatic rings. The lowest BCUT2D eigenvalue weighted by atomic mass is 10.1. The largest absolute Gasteiger partial charge is 0.318 e. The van der Waals surface area contributed by atoms with Gasteiger partial charge in [-0.05, 0) is 68.5 Å². The first kappa shape index (κ1) is 18.1. The number of aromatic nitrogens is 1. The van der Waals surface area contributed by atoms with E-state index in [9.17, 15) is 4.79 Å². The van der Waals surface area contributed by atoms with Gasteiger partial charge < -0.3 is 4.57 Å². The Hall–Kier alpha value is -2.66. The third-order valence-electron chi connectivity index (χ3n) is 4.24. The van der Waals surface area contributed by atoms with E-state index >= 15 is 0 Å². The minimum atomic E-state index is -0.105. The first-order valence-electron chi connectivity index (χ1n) is 8.56. The summed E-state index contributed by atoms with van der Waals surface area (Å²) >= 11 is 1.57. The van der Waals surface area contributed by atoms with Gasteiger partial charge in [0.2, 0.25) is 5.91 Å². The second kappa shape index (κ2) is 7.70. The first-order chi connectivity index (χ1) is 12.4. The number of nitrogens with zero attached hydrogens (tertiary/aromatic N) is 2. The lowest BCUT2D eigenvalue weighted by Gasteiger charge is -2.11. The third kappa shape index (κ3) is 4.11. The molecule has 0 atom stereocenters. The van der Waals surface area contributed by atoms with Crippen LogP contribution in [0.2, 0.25) is 0 Å². The molecule has 0 aliphatic heterocycles. The van der Waals surface area contributed by atoms with Crippen molar-refractivity contribution in [1.29, 1.82) is 0 Å². The predicted molar refractivity (Wildman–Crippen MR) is 108 cm³/mol. The van der Waals surface area contributed by atoms with Crippen LogP contribution in [-0.4, -0.2) is 16.7 Å². The minimum Gasteiger partial charge on any atom is -0.318 e. The van der Waals surface area contributed by atoms with Crippen molar-refractivity contribution in [2.75, 3.05) is 0 Å². The fraction of sp³-hybridized carbons (Fsp3) is 0.238. The summed E-state index contributed by atoms with van der Waals surface area (Å²) in [5.41, 5.74) is 9.48. The number of benzene rings is 1. The summed E-state index contributed by atoms with van der Waals surface area (Å²) in [6.45, 7) is 8.36. The zero-order valence-corrected chi connectivity index (χ0v) is 16.4. The van der Waals surface area contributed by atoms with Crippen LogP contribution in [0.4, 0.5) is 0 Å². The van der Waals surface area contributed by atoms with E-state index in [4.69, 9.17) is 0 Å². The van der Waals surface area contributed by atoms with Gasteiger partial charge in [-0.25, -0.2) is 5.43 Å². The van der Waals surface area contributed by atoms with Gasteiger partial charge in [0.1, 0.15) is 0 Å². The summed E-state index contributed by atoms with van der Waals surface area (Å²) in [5, 5.41) is 6.10. The normalized spacial score (nSPS) is 11.2. The fourth-order valence-electron chi connectivity index (χ4n) is 3.18. The van der Waals surface area contributed by atoms with Crippen molar-refractivity contribution in [3.63, 3.8) is 0 Å². The SMILES string of the molecule is Cc1cc(C)cc(-n2c(C)cc(/C=N\NC(=O)Cc3cccs3)c2C)c1. The molecule has 1 amide bonds. The molecule has 0 saturated carbocycles. The Bertz CT molecular complexity index is 932. The third-order valence-corrected chi connectivity index (χ3v) is 5.12. The Morgan fingerprint density at radius 3 is 2.54 bits per heavy atom. The highest BCUT2D eigenvalue weighted by Crippen LogP contribution is 2.21. The molecule has 0 unspecified atom stereocenters. The van der Waals surface area contributed by atoms with Crippen LogP contribution in [0.5, 0.6) is 0 Å². The average molecular weight is 366 g/mol. The molecule has 3 rings (SSSR count). The standard InChI is InChI=1S/C21H23N3OS/c1-14-8-15(2)10-19(9-14)24-16(3)11-18(17(24)4)13-22-23-21(25)12-20-6-5-7-26-20/h5-11,13H,12H2,1-4H3,(H,23,25)/b22-13-. The molecule has 134 valence electrons. The molecule has 1 aromatic carbocycles. The molecule has 2 aromatic heterocycles. The van der Waals surface area contributed by atoms with Gasteiger partial charge in [-0.1, -0.05) is 12.1 Å². The highest BCUT2D eigenvalue weighted by Gasteiger charge is 2.10. The van der Waals surface area contributed by atoms with Gasteiger partial charge >= 0.3 is 0 Å². The van der Waals surface area contributed by atoms with E-state index in [1.54, 1.807) is 17.6 Å². The summed E-state index contributed by atoms with van der Waals surface area (Å²) in [5.74, 6) is -0.105. The Labute approximate surface area is 158 Å². The smallest absolute Gasteiger partial charge is 0.245 e. The first-order valence-corrected chi connectivity index (χ1v) is 9.44. The molecule has 2 heterocycles. The number of thiophene rings is 1. The Morgan fingerprint density at radius 1 is 1.15 bits per heavy atom. The van der Waals surface area contributed by atoms with E-state index in [1.165, 1.54) is 11.1 Å². The molecule has 0 saturated heterocycles. The van der Waals surface area contributed by atoms with Gasteiger partial charge in [0, 0.05) is 27.5 Å². The van der Waals surface area contributed by atoms with Crippen molar-refractivity contribution >= 4 is 23.5 Å². The van der Waals surface area contributed by atoms with Crippen molar-refractivity contribution in [3.8, 4) is 5.69 Å². The maximum absolute atomic E-state index is 11.9. The summed E-state index contributed by atoms with van der Waals surface area (Å²) in [4.78, 5) is 13.0. The van der Waals surface area contributed by atoms with Crippen molar-refractivity contribution < 1.29 is 4.79 Å². The Morgan fingerprint density at radius 2 is 1.88 bits per heavy atom. The van der Waals surface area contributed by atoms with Gasteiger partial charge in [-0.15, -0.1) is 11.3 Å². The van der Waals surface area contributed by atoms with Crippen molar-refractivity contribution in [2.45, 2.75) is 34.1 Å². The Balaban J connectivity index is 1.76. The average Bonchev–Trinajstić information content (AvgIpc) is 3.15. The Kier molecular flexibility index (Phi) is 5.38. The van der Waals surface area contributed by atoms with Crippen LogP contribution in [0, 0.1) is 27.7 Å². The second-order valence-corrected chi connectivity index (χ2v) is 7.59. The molecule has 0 fully saturated rings. The van der Waals surface area contributed by atoms with E-state index in [2.05, 4.69) is 67.1 Å². The van der Waals surface area contributed by atoms with E-state index < -0.39 is 0 Å². The molecular weight excluding hydrogens is 342 g/mol. The van der Waals surface area contributed by atoms with E-state index in [0.29, 0.717) is 6.42 Å². The van der Waals surface area contributed by atoms with E-state index in [-0.39, 0.29) is 5.91 Å². The molecule has 0 bridgehead atoms. The fourth-order valence-corrected chi connectivity index (χ4v) is 3.88. The monoisotopic (exact) mass is 365 g/mol. The van der Waals surface area contributed by atoms with Crippen LogP contribution in [0.25, 0.3) is 5.69 Å². The van der Waals surface area contributed by atoms with Crippen LogP contribution in [0.3, 0.4) is 0 Å². The number of aryl methyl sites for hydroxylation is 3. The van der Waals surface area contributed by atoms with Gasteiger partial charge in [0.05, 0.1) is 12.6 Å². The maximum atomic E-state index is 11.9. The van der Waals surface area contributed by atoms with Gasteiger partial charge in [0.15, 0.2) is 0 Å². The van der Waals surface area contributed by atoms with Gasteiger partial charge in [0.25, 0.3) is 0 Å². The lowest BCUT2D eigenvalue weighted by Crippen LogP contribution is -2.19. The quantitative estimate of drug-likeness (QED) is 0.526. The zero-order chi connectivity index (χ0) is 18.7. The van der Waals surface area contributed by atoms with Crippen LogP contribution in [0.1, 0.15) is 33.0 Å². The number of carbonyl (C=O) groups excluding carboxylic acids is 1. The molecule has 1 N–H and O–H groups in total. The molecule has 5 heteroatoms. The minimum absolute atomic E-state index is 0.105. The number of nitrogens with one attached hydrogen (secondary N) is 1. The molecule has 0 radical (unpaired) electrons. The van der Waals surface area contributed by atoms with Crippen LogP contribution < -0.4 is 5.43 Å². The summed E-state index contributed by atoms with van der Waals surface area (Å²) in [6.07, 6.45) is 2.07. The van der Waals surface area contributed by atoms with E-state index in [1.807, 2.05) is 17.5 Å². The molecule has 0 aliphatic carbocycles. The highest BCUT2D eigenvalue weighted by molar-refractivity contribution is 7.10. The summed E-state index contributed by atoms with van der Waals surface area (Å²) < 4.78 is 2.22. The topological polar surface area (TPSA) is 46.4 Å². The number of carbonyl (C=O) groups is 1. The number of hydrogen-bond acceptors (Lipinski definition) is 3. The molecule has 0 aliphatic rings. The number of hydrazone groups is 1. The summed E-state index contributed by atoms with van der Waals surface area (Å²) in [6, 6.07) is 12.5. The molecule has 4 nitrogen and oxygen atoms in total. The van der Waals surface area contributed by atoms with Gasteiger partial charge in [-0.2, -0.15) is 5.10 Å².